The van der Waals surface area contributed by atoms with Gasteiger partial charge in [0.15, 0.2) is 16.6 Å². The van der Waals surface area contributed by atoms with Gasteiger partial charge in [-0.25, -0.2) is 13.4 Å². The van der Waals surface area contributed by atoms with Crippen LogP contribution in [-0.2, 0) is 14.8 Å². The summed E-state index contributed by atoms with van der Waals surface area (Å²) in [4.78, 5) is 6.93. The van der Waals surface area contributed by atoms with Gasteiger partial charge in [0.25, 0.3) is 10.0 Å². The molecular weight excluding hydrogens is 414 g/mol. The number of ether oxygens (including phenoxy) is 3. The molecule has 0 spiro atoms. The van der Waals surface area contributed by atoms with E-state index in [1.165, 1.54) is 37.7 Å². The Morgan fingerprint density at radius 3 is 2.55 bits per heavy atom. The minimum atomic E-state index is -3.78. The Labute approximate surface area is 173 Å². The number of nitrogens with zero attached hydrogens (tertiary/aromatic N) is 2. The molecule has 0 atom stereocenters. The van der Waals surface area contributed by atoms with Gasteiger partial charge in [0.05, 0.1) is 48.2 Å². The third-order valence-corrected chi connectivity index (χ3v) is 7.03. The summed E-state index contributed by atoms with van der Waals surface area (Å²) in [5, 5.41) is 0.920. The second-order valence-electron chi connectivity index (χ2n) is 6.40. The summed E-state index contributed by atoms with van der Waals surface area (Å²) in [5.74, 6) is 0.816. The molecule has 3 aromatic rings. The molecule has 1 aliphatic heterocycles. The van der Waals surface area contributed by atoms with Gasteiger partial charge in [0.1, 0.15) is 0 Å². The Kier molecular flexibility index (Phi) is 5.48. The number of hydrogen-bond acceptors (Lipinski definition) is 8. The van der Waals surface area contributed by atoms with Crippen molar-refractivity contribution < 1.29 is 22.6 Å². The average Bonchev–Trinajstić information content (AvgIpc) is 3.17. The van der Waals surface area contributed by atoms with Gasteiger partial charge in [-0.1, -0.05) is 11.3 Å². The van der Waals surface area contributed by atoms with Crippen LogP contribution in [0.3, 0.4) is 0 Å². The highest BCUT2D eigenvalue weighted by Gasteiger charge is 2.19. The average molecular weight is 436 g/mol. The van der Waals surface area contributed by atoms with E-state index >= 15 is 0 Å². The highest BCUT2D eigenvalue weighted by molar-refractivity contribution is 7.92. The fourth-order valence-corrected chi connectivity index (χ4v) is 5.18. The number of aromatic nitrogens is 1. The molecule has 8 nitrogen and oxygen atoms in total. The first-order valence-corrected chi connectivity index (χ1v) is 11.3. The van der Waals surface area contributed by atoms with Gasteiger partial charge < -0.3 is 19.1 Å². The molecule has 29 heavy (non-hydrogen) atoms. The van der Waals surface area contributed by atoms with E-state index < -0.39 is 10.0 Å². The Hall–Kier alpha value is -2.56. The molecule has 0 unspecified atom stereocenters. The van der Waals surface area contributed by atoms with E-state index in [9.17, 15) is 8.42 Å². The molecule has 2 aromatic carbocycles. The molecule has 1 saturated heterocycles. The van der Waals surface area contributed by atoms with Crippen molar-refractivity contribution >= 4 is 42.4 Å². The maximum absolute atomic E-state index is 12.8. The largest absolute Gasteiger partial charge is 0.493 e. The lowest BCUT2D eigenvalue weighted by molar-refractivity contribution is 0.122. The minimum absolute atomic E-state index is 0.0913. The fourth-order valence-electron chi connectivity index (χ4n) is 3.06. The second-order valence-corrected chi connectivity index (χ2v) is 9.09. The summed E-state index contributed by atoms with van der Waals surface area (Å²) in [6.07, 6.45) is 0. The Balaban J connectivity index is 1.59. The van der Waals surface area contributed by atoms with Crippen LogP contribution in [0.25, 0.3) is 10.2 Å². The Morgan fingerprint density at radius 2 is 1.83 bits per heavy atom. The molecular formula is C19H21N3O5S2. The minimum Gasteiger partial charge on any atom is -0.493 e. The lowest BCUT2D eigenvalue weighted by Gasteiger charge is -2.25. The number of thiazole rings is 1. The van der Waals surface area contributed by atoms with Gasteiger partial charge in [-0.2, -0.15) is 0 Å². The van der Waals surface area contributed by atoms with E-state index in [0.29, 0.717) is 30.4 Å². The highest BCUT2D eigenvalue weighted by atomic mass is 32.2. The number of methoxy groups -OCH3 is 2. The maximum Gasteiger partial charge on any atom is 0.262 e. The van der Waals surface area contributed by atoms with Crippen LogP contribution < -0.4 is 19.1 Å². The molecule has 0 radical (unpaired) electrons. The van der Waals surface area contributed by atoms with Gasteiger partial charge in [0, 0.05) is 19.2 Å². The number of rotatable bonds is 6. The smallest absolute Gasteiger partial charge is 0.262 e. The molecule has 2 heterocycles. The van der Waals surface area contributed by atoms with Crippen molar-refractivity contribution in [3.8, 4) is 11.5 Å². The van der Waals surface area contributed by atoms with E-state index in [0.717, 1.165) is 28.4 Å². The van der Waals surface area contributed by atoms with Crippen LogP contribution in [0, 0.1) is 0 Å². The molecule has 4 rings (SSSR count). The van der Waals surface area contributed by atoms with Gasteiger partial charge in [-0.3, -0.25) is 4.72 Å². The maximum atomic E-state index is 12.8. The zero-order valence-electron chi connectivity index (χ0n) is 16.0. The highest BCUT2D eigenvalue weighted by Crippen LogP contribution is 2.33. The second kappa shape index (κ2) is 8.05. The molecule has 0 bridgehead atoms. The van der Waals surface area contributed by atoms with Crippen LogP contribution in [0.1, 0.15) is 0 Å². The lowest BCUT2D eigenvalue weighted by atomic mass is 10.3. The van der Waals surface area contributed by atoms with Crippen molar-refractivity contribution in [1.29, 1.82) is 0 Å². The van der Waals surface area contributed by atoms with Crippen LogP contribution in [0.2, 0.25) is 0 Å². The number of benzene rings is 2. The van der Waals surface area contributed by atoms with Crippen molar-refractivity contribution in [2.45, 2.75) is 4.90 Å². The van der Waals surface area contributed by atoms with Gasteiger partial charge in [-0.15, -0.1) is 0 Å². The molecule has 1 aromatic heterocycles. The first-order chi connectivity index (χ1) is 14.0. The quantitative estimate of drug-likeness (QED) is 0.637. The fraction of sp³-hybridized carbons (Fsp3) is 0.316. The zero-order chi connectivity index (χ0) is 20.4. The first-order valence-electron chi connectivity index (χ1n) is 8.98. The predicted molar refractivity (Wildman–Crippen MR) is 113 cm³/mol. The molecule has 1 N–H and O–H groups in total. The van der Waals surface area contributed by atoms with E-state index in [2.05, 4.69) is 14.6 Å². The Bertz CT molecular complexity index is 1120. The number of nitrogens with one attached hydrogen (secondary N) is 1. The monoisotopic (exact) mass is 435 g/mol. The van der Waals surface area contributed by atoms with Gasteiger partial charge in [0.2, 0.25) is 0 Å². The van der Waals surface area contributed by atoms with Gasteiger partial charge in [-0.05, 0) is 30.3 Å². The molecule has 0 aliphatic carbocycles. The predicted octanol–water partition coefficient (Wildman–Crippen LogP) is 2.95. The van der Waals surface area contributed by atoms with Crippen molar-refractivity contribution in [1.82, 2.24) is 4.98 Å². The first kappa shape index (κ1) is 19.7. The lowest BCUT2D eigenvalue weighted by Crippen LogP contribution is -2.36. The summed E-state index contributed by atoms with van der Waals surface area (Å²) in [6.45, 7) is 2.98. The normalized spacial score (nSPS) is 14.8. The number of fused-ring (bicyclic) bond motifs is 1. The van der Waals surface area contributed by atoms with E-state index in [4.69, 9.17) is 14.2 Å². The van der Waals surface area contributed by atoms with Crippen molar-refractivity contribution in [3.63, 3.8) is 0 Å². The van der Waals surface area contributed by atoms with Crippen LogP contribution in [0.5, 0.6) is 11.5 Å². The summed E-state index contributed by atoms with van der Waals surface area (Å²) < 4.78 is 44.9. The third kappa shape index (κ3) is 4.09. The summed E-state index contributed by atoms with van der Waals surface area (Å²) in [5.41, 5.74) is 1.31. The molecule has 10 heteroatoms. The summed E-state index contributed by atoms with van der Waals surface area (Å²) >= 11 is 1.54. The van der Waals surface area contributed by atoms with Crippen LogP contribution >= 0.6 is 11.3 Å². The summed E-state index contributed by atoms with van der Waals surface area (Å²) in [7, 11) is -0.818. The third-order valence-electron chi connectivity index (χ3n) is 4.58. The van der Waals surface area contributed by atoms with Crippen LogP contribution in [-0.4, -0.2) is 53.9 Å². The van der Waals surface area contributed by atoms with Crippen molar-refractivity contribution in [3.05, 3.63) is 36.4 Å². The number of sulfonamides is 1. The summed E-state index contributed by atoms with van der Waals surface area (Å²) in [6, 6.07) is 9.81. The van der Waals surface area contributed by atoms with E-state index in [1.54, 1.807) is 18.2 Å². The molecule has 1 aliphatic rings. The number of hydrogen-bond donors (Lipinski definition) is 1. The molecule has 0 saturated carbocycles. The standard InChI is InChI=1S/C19H21N3O5S2/c1-25-16-6-4-14(12-17(16)26-2)29(23,24)21-13-3-5-15-18(11-13)28-19(20-15)22-7-9-27-10-8-22/h3-6,11-12,21H,7-10H2,1-2H3. The molecule has 154 valence electrons. The van der Waals surface area contributed by atoms with Gasteiger partial charge >= 0.3 is 0 Å². The molecule has 0 amide bonds. The van der Waals surface area contributed by atoms with Crippen molar-refractivity contribution in [2.75, 3.05) is 50.1 Å². The topological polar surface area (TPSA) is 90.0 Å². The number of anilines is 2. The molecule has 1 fully saturated rings. The van der Waals surface area contributed by atoms with Crippen LogP contribution in [0.4, 0.5) is 10.8 Å². The zero-order valence-corrected chi connectivity index (χ0v) is 17.7. The van der Waals surface area contributed by atoms with Crippen LogP contribution in [0.15, 0.2) is 41.3 Å². The van der Waals surface area contributed by atoms with E-state index in [1.807, 2.05) is 6.07 Å². The SMILES string of the molecule is COc1ccc(S(=O)(=O)Nc2ccc3nc(N4CCOCC4)sc3c2)cc1OC. The van der Waals surface area contributed by atoms with Crippen molar-refractivity contribution in [2.24, 2.45) is 0 Å². The van der Waals surface area contributed by atoms with E-state index in [-0.39, 0.29) is 4.90 Å². The Morgan fingerprint density at radius 1 is 1.07 bits per heavy atom. The number of morpholine rings is 1.